The number of rotatable bonds is 4. The summed E-state index contributed by atoms with van der Waals surface area (Å²) in [5, 5.41) is 0. The van der Waals surface area contributed by atoms with E-state index in [-0.39, 0.29) is 45.4 Å². The van der Waals surface area contributed by atoms with Gasteiger partial charge < -0.3 is 14.4 Å². The SMILES string of the molecule is CC.CC.CC.CC.CN1CC[C-](OC[C-]=O)[C@@H]1c1ccccc1.[Y]. The van der Waals surface area contributed by atoms with Gasteiger partial charge in [0.15, 0.2) is 0 Å². The van der Waals surface area contributed by atoms with E-state index in [0.717, 1.165) is 19.1 Å². The molecule has 0 N–H and O–H groups in total. The summed E-state index contributed by atoms with van der Waals surface area (Å²) < 4.78 is 5.44. The van der Waals surface area contributed by atoms with Crippen LogP contribution in [0.25, 0.3) is 0 Å². The Kier molecular flexibility index (Phi) is 34.1. The predicted octanol–water partition coefficient (Wildman–Crippen LogP) is 5.82. The molecule has 1 fully saturated rings. The average Bonchev–Trinajstić information content (AvgIpc) is 3.07. The van der Waals surface area contributed by atoms with Crippen molar-refractivity contribution < 1.29 is 42.2 Å². The molecule has 0 unspecified atom stereocenters. The van der Waals surface area contributed by atoms with Gasteiger partial charge in [-0.05, 0) is 13.6 Å². The minimum atomic E-state index is 0. The molecule has 0 aromatic heterocycles. The number of ether oxygens (including phenoxy) is 1. The summed E-state index contributed by atoms with van der Waals surface area (Å²) >= 11 is 0. The third-order valence-corrected chi connectivity index (χ3v) is 2.89. The van der Waals surface area contributed by atoms with E-state index in [1.165, 1.54) is 5.56 Å². The molecule has 0 saturated carbocycles. The minimum absolute atomic E-state index is 0. The van der Waals surface area contributed by atoms with Crippen LogP contribution >= 0.6 is 0 Å². The zero-order valence-corrected chi connectivity index (χ0v) is 20.8. The van der Waals surface area contributed by atoms with Gasteiger partial charge in [0.05, 0.1) is 0 Å². The second-order valence-corrected chi connectivity index (χ2v) is 3.94. The molecule has 0 bridgehead atoms. The maximum absolute atomic E-state index is 10.2. The van der Waals surface area contributed by atoms with Crippen LogP contribution in [0.4, 0.5) is 0 Å². The molecule has 0 amide bonds. The molecule has 1 saturated heterocycles. The molecular weight excluding hydrogens is 387 g/mol. The molecule has 1 aliphatic heterocycles. The Bertz CT molecular complexity index is 347. The quantitative estimate of drug-likeness (QED) is 0.568. The van der Waals surface area contributed by atoms with Gasteiger partial charge in [-0.3, -0.25) is 0 Å². The van der Waals surface area contributed by atoms with Crippen LogP contribution in [0.15, 0.2) is 30.3 Å². The molecule has 1 heterocycles. The normalized spacial score (nSPS) is 15.3. The third kappa shape index (κ3) is 13.7. The first-order valence-corrected chi connectivity index (χ1v) is 9.41. The van der Waals surface area contributed by atoms with E-state index in [4.69, 9.17) is 4.74 Å². The van der Waals surface area contributed by atoms with Gasteiger partial charge in [-0.25, -0.2) is 6.29 Å². The van der Waals surface area contributed by atoms with Crippen LogP contribution in [-0.4, -0.2) is 31.4 Å². The van der Waals surface area contributed by atoms with Crippen molar-refractivity contribution in [2.75, 3.05) is 20.2 Å². The van der Waals surface area contributed by atoms with Crippen molar-refractivity contribution >= 4 is 6.29 Å². The molecule has 2 rings (SSSR count). The van der Waals surface area contributed by atoms with Crippen LogP contribution in [0.3, 0.4) is 0 Å². The van der Waals surface area contributed by atoms with Gasteiger partial charge in [-0.2, -0.15) is 6.10 Å². The first-order valence-electron chi connectivity index (χ1n) is 9.41. The molecule has 1 radical (unpaired) electrons. The van der Waals surface area contributed by atoms with Crippen molar-refractivity contribution in [3.05, 3.63) is 42.0 Å². The molecule has 0 spiro atoms. The monoisotopic (exact) mass is 426 g/mol. The molecule has 0 aliphatic carbocycles. The topological polar surface area (TPSA) is 29.5 Å². The number of nitrogens with zero attached hydrogens (tertiary/aromatic N) is 1. The van der Waals surface area contributed by atoms with Gasteiger partial charge in [-0.15, -0.1) is 6.42 Å². The Labute approximate surface area is 182 Å². The fourth-order valence-corrected chi connectivity index (χ4v) is 2.15. The van der Waals surface area contributed by atoms with Crippen LogP contribution in [-0.2, 0) is 42.2 Å². The summed E-state index contributed by atoms with van der Waals surface area (Å²) in [6.45, 7) is 17.0. The van der Waals surface area contributed by atoms with E-state index < -0.39 is 0 Å². The zero-order valence-electron chi connectivity index (χ0n) is 17.9. The number of hydrogen-bond acceptors (Lipinski definition) is 3. The number of benzene rings is 1. The summed E-state index contributed by atoms with van der Waals surface area (Å²) in [5.41, 5.74) is 1.21. The number of carbonyl (C=O) groups excluding carboxylic acids is 1. The summed E-state index contributed by atoms with van der Waals surface area (Å²) in [7, 11) is 2.07. The molecule has 145 valence electrons. The Balaban J connectivity index is -0.000000217. The molecule has 1 atom stereocenters. The molecule has 1 aliphatic rings. The molecule has 25 heavy (non-hydrogen) atoms. The first-order chi connectivity index (χ1) is 11.8. The van der Waals surface area contributed by atoms with E-state index in [9.17, 15) is 4.79 Å². The van der Waals surface area contributed by atoms with Gasteiger partial charge in [0.25, 0.3) is 0 Å². The fraction of sp³-hybridized carbons (Fsp3) is 0.619. The van der Waals surface area contributed by atoms with E-state index >= 15 is 0 Å². The largest absolute Gasteiger partial charge is 0.569 e. The number of likely N-dealkylation sites (N-methyl/N-ethyl adjacent to an activating group) is 1. The zero-order chi connectivity index (χ0) is 19.4. The van der Waals surface area contributed by atoms with Crippen molar-refractivity contribution in [3.8, 4) is 0 Å². The Hall–Kier alpha value is -0.0861. The summed E-state index contributed by atoms with van der Waals surface area (Å²) in [6.07, 6.45) is 3.63. The minimum Gasteiger partial charge on any atom is -0.569 e. The van der Waals surface area contributed by atoms with Gasteiger partial charge in [0, 0.05) is 32.7 Å². The van der Waals surface area contributed by atoms with E-state index in [2.05, 4.69) is 24.1 Å². The molecule has 3 nitrogen and oxygen atoms in total. The summed E-state index contributed by atoms with van der Waals surface area (Å²) in [5.74, 6) is 0. The van der Waals surface area contributed by atoms with Crippen molar-refractivity contribution in [1.29, 1.82) is 0 Å². The third-order valence-electron chi connectivity index (χ3n) is 2.89. The summed E-state index contributed by atoms with van der Waals surface area (Å²) in [6, 6.07) is 10.4. The van der Waals surface area contributed by atoms with E-state index in [1.54, 1.807) is 6.29 Å². The molecule has 1 aromatic rings. The van der Waals surface area contributed by atoms with Crippen LogP contribution < -0.4 is 0 Å². The Morgan fingerprint density at radius 1 is 1.04 bits per heavy atom. The van der Waals surface area contributed by atoms with E-state index in [0.29, 0.717) is 0 Å². The first kappa shape index (κ1) is 32.6. The van der Waals surface area contributed by atoms with E-state index in [1.807, 2.05) is 73.6 Å². The van der Waals surface area contributed by atoms with Crippen molar-refractivity contribution in [3.63, 3.8) is 0 Å². The fourth-order valence-electron chi connectivity index (χ4n) is 2.15. The van der Waals surface area contributed by atoms with Gasteiger partial charge >= 0.3 is 0 Å². The van der Waals surface area contributed by atoms with Gasteiger partial charge in [-0.1, -0.05) is 104 Å². The van der Waals surface area contributed by atoms with Gasteiger partial charge in [0.1, 0.15) is 0 Å². The molecule has 4 heteroatoms. The standard InChI is InChI=1S/C13H15NO2.4C2H6.Y/c1-14-8-7-12(16-10-9-15)13(14)11-5-3-2-4-6-11;4*1-2;/h2-6,13H,7-8,10H2,1H3;4*1-2H3;/q-2;;;;;/t13-;;;;;/m0...../s1. The molecular formula is C21H39NO2Y-2. The average molecular weight is 426 g/mol. The maximum Gasteiger partial charge on any atom is 0 e. The second-order valence-electron chi connectivity index (χ2n) is 3.94. The summed E-state index contributed by atoms with van der Waals surface area (Å²) in [4.78, 5) is 12.4. The van der Waals surface area contributed by atoms with Gasteiger partial charge in [0.2, 0.25) is 0 Å². The van der Waals surface area contributed by atoms with Crippen LogP contribution in [0, 0.1) is 6.10 Å². The van der Waals surface area contributed by atoms with Crippen LogP contribution in [0.1, 0.15) is 73.4 Å². The smallest absolute Gasteiger partial charge is 0 e. The van der Waals surface area contributed by atoms with Crippen molar-refractivity contribution in [2.24, 2.45) is 0 Å². The Morgan fingerprint density at radius 2 is 1.52 bits per heavy atom. The van der Waals surface area contributed by atoms with Crippen LogP contribution in [0.5, 0.6) is 0 Å². The van der Waals surface area contributed by atoms with Crippen molar-refractivity contribution in [1.82, 2.24) is 4.90 Å². The number of hydrogen-bond donors (Lipinski definition) is 0. The predicted molar refractivity (Wildman–Crippen MR) is 107 cm³/mol. The second kappa shape index (κ2) is 26.1. The van der Waals surface area contributed by atoms with Crippen LogP contribution in [0.2, 0.25) is 0 Å². The Morgan fingerprint density at radius 3 is 1.96 bits per heavy atom. The number of likely N-dealkylation sites (tertiary alicyclic amines) is 1. The van der Waals surface area contributed by atoms with Crippen molar-refractivity contribution in [2.45, 2.75) is 67.9 Å². The maximum atomic E-state index is 10.2. The molecule has 1 aromatic carbocycles.